The highest BCUT2D eigenvalue weighted by Gasteiger charge is 2.59. The normalized spacial score (nSPS) is 39.5. The topological polar surface area (TPSA) is 114 Å². The Bertz CT molecular complexity index is 1110. The molecule has 0 unspecified atom stereocenters. The number of oxime groups is 1. The van der Waals surface area contributed by atoms with Gasteiger partial charge in [0.2, 0.25) is 0 Å². The maximum absolute atomic E-state index is 12.7. The number of carboxylic acids is 1. The summed E-state index contributed by atoms with van der Waals surface area (Å²) in [6.45, 7) is 11.0. The lowest BCUT2D eigenvalue weighted by Gasteiger charge is -2.58. The number of allylic oxidation sites excluding steroid dienone is 2. The fourth-order valence-electron chi connectivity index (χ4n) is 9.88. The fourth-order valence-corrected chi connectivity index (χ4v) is 9.88. The first-order valence-electron chi connectivity index (χ1n) is 15.9. The van der Waals surface area contributed by atoms with Gasteiger partial charge >= 0.3 is 5.97 Å². The zero-order chi connectivity index (χ0) is 29.6. The molecule has 0 aromatic carbocycles. The fraction of sp³-hybridized carbons (Fsp3) is 0.818. The smallest absolute Gasteiger partial charge is 0.305 e. The third-order valence-electron chi connectivity index (χ3n) is 11.9. The summed E-state index contributed by atoms with van der Waals surface area (Å²) in [6, 6.07) is -0.463. The molecule has 0 aromatic heterocycles. The van der Waals surface area contributed by atoms with E-state index in [0.717, 1.165) is 44.2 Å². The molecule has 0 spiro atoms. The molecule has 8 heteroatoms. The van der Waals surface area contributed by atoms with Gasteiger partial charge in [0.15, 0.2) is 6.61 Å². The Kier molecular flexibility index (Phi) is 8.45. The Hall–Kier alpha value is -2.22. The molecule has 8 atom stereocenters. The van der Waals surface area contributed by atoms with E-state index in [0.29, 0.717) is 36.6 Å². The standard InChI is InChI=1S/C33H50N2O6/c1-20(36)25-8-9-26-24-7-6-22-16-23(10-13-32(22,4)27(24)11-14-33(25,26)5)35-41-19-29(37)34-28(17-30(38)39)21-12-15-40-31(2,3)18-21/h16,21,24-28H,6-15,17-19H2,1-5H3,(H,34,37)(H,38,39)/b35-23-/t21-,24+,25+,26-,27-,28-,32+,33-/m1/s1. The summed E-state index contributed by atoms with van der Waals surface area (Å²) in [5.74, 6) is 1.39. The average molecular weight is 571 g/mol. The van der Waals surface area contributed by atoms with Crippen LogP contribution in [0.15, 0.2) is 16.8 Å². The summed E-state index contributed by atoms with van der Waals surface area (Å²) < 4.78 is 5.78. The van der Waals surface area contributed by atoms with Crippen LogP contribution in [0.5, 0.6) is 0 Å². The minimum absolute atomic E-state index is 0.0382. The third kappa shape index (κ3) is 6.00. The minimum atomic E-state index is -0.929. The number of hydrogen-bond acceptors (Lipinski definition) is 6. The number of nitrogens with zero attached hydrogens (tertiary/aromatic N) is 1. The van der Waals surface area contributed by atoms with E-state index >= 15 is 0 Å². The van der Waals surface area contributed by atoms with Gasteiger partial charge in [-0.1, -0.05) is 24.6 Å². The second-order valence-corrected chi connectivity index (χ2v) is 14.8. The highest BCUT2D eigenvalue weighted by atomic mass is 16.6. The third-order valence-corrected chi connectivity index (χ3v) is 11.9. The highest BCUT2D eigenvalue weighted by Crippen LogP contribution is 2.66. The van der Waals surface area contributed by atoms with Crippen molar-refractivity contribution in [2.24, 2.45) is 45.6 Å². The number of carbonyl (C=O) groups is 3. The molecule has 0 aromatic rings. The van der Waals surface area contributed by atoms with Crippen LogP contribution in [0.2, 0.25) is 0 Å². The van der Waals surface area contributed by atoms with Crippen LogP contribution in [0.1, 0.15) is 105 Å². The molecular weight excluding hydrogens is 520 g/mol. The van der Waals surface area contributed by atoms with Gasteiger partial charge in [0.25, 0.3) is 5.91 Å². The number of amides is 1. The van der Waals surface area contributed by atoms with E-state index in [2.05, 4.69) is 30.4 Å². The number of ether oxygens (including phenoxy) is 1. The maximum atomic E-state index is 12.7. The van der Waals surface area contributed by atoms with Crippen molar-refractivity contribution in [1.29, 1.82) is 0 Å². The van der Waals surface area contributed by atoms with Gasteiger partial charge in [-0.05, 0) is 126 Å². The van der Waals surface area contributed by atoms with Crippen molar-refractivity contribution in [2.75, 3.05) is 13.2 Å². The first-order chi connectivity index (χ1) is 19.3. The Morgan fingerprint density at radius 2 is 1.85 bits per heavy atom. The van der Waals surface area contributed by atoms with Crippen molar-refractivity contribution in [1.82, 2.24) is 5.32 Å². The summed E-state index contributed by atoms with van der Waals surface area (Å²) in [5.41, 5.74) is 2.35. The van der Waals surface area contributed by atoms with Crippen LogP contribution in [-0.4, -0.2) is 53.3 Å². The molecule has 8 nitrogen and oxygen atoms in total. The monoisotopic (exact) mass is 570 g/mol. The van der Waals surface area contributed by atoms with E-state index in [-0.39, 0.29) is 47.2 Å². The molecule has 5 aliphatic rings. The van der Waals surface area contributed by atoms with Gasteiger partial charge < -0.3 is 20.0 Å². The van der Waals surface area contributed by atoms with Gasteiger partial charge in [-0.2, -0.15) is 0 Å². The van der Waals surface area contributed by atoms with Crippen LogP contribution >= 0.6 is 0 Å². The first kappa shape index (κ1) is 30.2. The summed E-state index contributed by atoms with van der Waals surface area (Å²) >= 11 is 0. The molecule has 1 amide bonds. The quantitative estimate of drug-likeness (QED) is 0.362. The zero-order valence-electron chi connectivity index (χ0n) is 25.7. The summed E-state index contributed by atoms with van der Waals surface area (Å²) in [4.78, 5) is 42.2. The van der Waals surface area contributed by atoms with Crippen LogP contribution < -0.4 is 5.32 Å². The molecule has 41 heavy (non-hydrogen) atoms. The predicted molar refractivity (Wildman–Crippen MR) is 156 cm³/mol. The largest absolute Gasteiger partial charge is 0.481 e. The van der Waals surface area contributed by atoms with Gasteiger partial charge in [0.1, 0.15) is 5.78 Å². The number of carbonyl (C=O) groups excluding carboxylic acids is 2. The summed E-state index contributed by atoms with van der Waals surface area (Å²) in [7, 11) is 0. The van der Waals surface area contributed by atoms with Crippen molar-refractivity contribution in [3.05, 3.63) is 11.6 Å². The Labute approximate surface area is 245 Å². The predicted octanol–water partition coefficient (Wildman–Crippen LogP) is 5.69. The second-order valence-electron chi connectivity index (χ2n) is 14.8. The van der Waals surface area contributed by atoms with Gasteiger partial charge in [-0.3, -0.25) is 14.4 Å². The average Bonchev–Trinajstić information content (AvgIpc) is 3.25. The van der Waals surface area contributed by atoms with Crippen molar-refractivity contribution < 1.29 is 29.1 Å². The number of nitrogens with one attached hydrogen (secondary N) is 1. The minimum Gasteiger partial charge on any atom is -0.481 e. The summed E-state index contributed by atoms with van der Waals surface area (Å²) in [6.07, 6.45) is 12.2. The Morgan fingerprint density at radius 3 is 2.56 bits per heavy atom. The van der Waals surface area contributed by atoms with Crippen LogP contribution in [0.4, 0.5) is 0 Å². The van der Waals surface area contributed by atoms with E-state index in [4.69, 9.17) is 9.57 Å². The van der Waals surface area contributed by atoms with E-state index in [1.165, 1.54) is 24.8 Å². The molecule has 1 aliphatic heterocycles. The van der Waals surface area contributed by atoms with E-state index in [1.54, 1.807) is 6.92 Å². The van der Waals surface area contributed by atoms with Crippen molar-refractivity contribution in [2.45, 2.75) is 117 Å². The molecule has 228 valence electrons. The number of hydrogen-bond donors (Lipinski definition) is 2. The van der Waals surface area contributed by atoms with Crippen LogP contribution in [0, 0.1) is 40.4 Å². The van der Waals surface area contributed by atoms with E-state index in [9.17, 15) is 19.5 Å². The molecule has 3 saturated carbocycles. The Balaban J connectivity index is 1.19. The molecule has 4 fully saturated rings. The lowest BCUT2D eigenvalue weighted by atomic mass is 9.46. The second kappa shape index (κ2) is 11.5. The number of aliphatic carboxylic acids is 1. The lowest BCUT2D eigenvalue weighted by Crippen LogP contribution is -2.51. The molecular formula is C33H50N2O6. The lowest BCUT2D eigenvalue weighted by molar-refractivity contribution is -0.140. The SMILES string of the molecule is CC(=O)[C@@H]1CC[C@@H]2[C@@H]3CCC4=C/C(=N\OCC(=O)N[C@H](CC(=O)O)[C@@H]5CCOC(C)(C)C5)CC[C@]4(C)[C@@H]3CC[C@@]21C. The summed E-state index contributed by atoms with van der Waals surface area (Å²) in [5, 5.41) is 16.7. The van der Waals surface area contributed by atoms with Crippen LogP contribution in [0.3, 0.4) is 0 Å². The number of Topliss-reactive ketones (excluding diaryl/α,β-unsaturated/α-hetero) is 1. The molecule has 4 aliphatic carbocycles. The maximum Gasteiger partial charge on any atom is 0.305 e. The van der Waals surface area contributed by atoms with Crippen molar-refractivity contribution in [3.63, 3.8) is 0 Å². The van der Waals surface area contributed by atoms with E-state index < -0.39 is 12.0 Å². The number of carboxylic acid groups (broad SMARTS) is 1. The van der Waals surface area contributed by atoms with E-state index in [1.807, 2.05) is 13.8 Å². The van der Waals surface area contributed by atoms with Gasteiger partial charge in [0.05, 0.1) is 17.7 Å². The molecule has 1 saturated heterocycles. The molecule has 0 radical (unpaired) electrons. The number of rotatable bonds is 8. The first-order valence-corrected chi connectivity index (χ1v) is 15.9. The molecule has 0 bridgehead atoms. The number of ketones is 1. The molecule has 1 heterocycles. The van der Waals surface area contributed by atoms with Crippen molar-refractivity contribution >= 4 is 23.4 Å². The Morgan fingerprint density at radius 1 is 1.07 bits per heavy atom. The van der Waals surface area contributed by atoms with Gasteiger partial charge in [-0.25, -0.2) is 0 Å². The molecule has 5 rings (SSSR count). The van der Waals surface area contributed by atoms with Gasteiger partial charge in [-0.15, -0.1) is 0 Å². The molecule has 2 N–H and O–H groups in total. The number of fused-ring (bicyclic) bond motifs is 5. The van der Waals surface area contributed by atoms with Gasteiger partial charge in [0, 0.05) is 18.6 Å². The zero-order valence-corrected chi connectivity index (χ0v) is 25.7. The van der Waals surface area contributed by atoms with Crippen LogP contribution in [-0.2, 0) is 24.0 Å². The highest BCUT2D eigenvalue weighted by molar-refractivity contribution is 5.96. The van der Waals surface area contributed by atoms with Crippen LogP contribution in [0.25, 0.3) is 0 Å². The van der Waals surface area contributed by atoms with Crippen molar-refractivity contribution in [3.8, 4) is 0 Å².